The van der Waals surface area contributed by atoms with E-state index < -0.39 is 0 Å². The van der Waals surface area contributed by atoms with Crippen molar-refractivity contribution in [1.29, 1.82) is 0 Å². The third-order valence-electron chi connectivity index (χ3n) is 3.77. The fourth-order valence-corrected chi connectivity index (χ4v) is 2.23. The molecule has 0 atom stereocenters. The average molecular weight is 279 g/mol. The van der Waals surface area contributed by atoms with E-state index >= 15 is 0 Å². The Kier molecular flexibility index (Phi) is 6.15. The highest BCUT2D eigenvalue weighted by molar-refractivity contribution is 5.40. The summed E-state index contributed by atoms with van der Waals surface area (Å²) in [4.78, 5) is 0. The first-order valence-corrected chi connectivity index (χ1v) is 7.33. The van der Waals surface area contributed by atoms with Gasteiger partial charge in [-0.25, -0.2) is 0 Å². The predicted molar refractivity (Wildman–Crippen MR) is 79.4 cm³/mol. The Balaban J connectivity index is 1.92. The first-order chi connectivity index (χ1) is 9.83. The van der Waals surface area contributed by atoms with Gasteiger partial charge in [0.05, 0.1) is 20.3 Å². The van der Waals surface area contributed by atoms with Crippen LogP contribution in [-0.2, 0) is 11.3 Å². The van der Waals surface area contributed by atoms with E-state index in [1.54, 1.807) is 14.2 Å². The van der Waals surface area contributed by atoms with Crippen molar-refractivity contribution >= 4 is 0 Å². The summed E-state index contributed by atoms with van der Waals surface area (Å²) in [5.74, 6) is 2.57. The highest BCUT2D eigenvalue weighted by atomic mass is 16.5. The monoisotopic (exact) mass is 279 g/mol. The third kappa shape index (κ3) is 4.39. The molecular formula is C16H25NO3. The van der Waals surface area contributed by atoms with Crippen molar-refractivity contribution in [3.63, 3.8) is 0 Å². The summed E-state index contributed by atoms with van der Waals surface area (Å²) in [5.41, 5.74) is 1.14. The number of nitrogens with one attached hydrogen (secondary N) is 1. The molecule has 1 saturated carbocycles. The maximum absolute atomic E-state index is 5.97. The van der Waals surface area contributed by atoms with Crippen LogP contribution in [0.5, 0.6) is 11.5 Å². The van der Waals surface area contributed by atoms with Crippen LogP contribution in [0.15, 0.2) is 18.2 Å². The number of ether oxygens (including phenoxy) is 3. The maximum atomic E-state index is 5.97. The second kappa shape index (κ2) is 8.12. The first kappa shape index (κ1) is 15.1. The van der Waals surface area contributed by atoms with Crippen molar-refractivity contribution in [2.24, 2.45) is 5.92 Å². The summed E-state index contributed by atoms with van der Waals surface area (Å²) in [6.07, 6.45) is 3.96. The van der Waals surface area contributed by atoms with Gasteiger partial charge in [-0.05, 0) is 37.0 Å². The molecule has 112 valence electrons. The molecular weight excluding hydrogens is 254 g/mol. The van der Waals surface area contributed by atoms with Crippen LogP contribution in [-0.4, -0.2) is 34.0 Å². The van der Waals surface area contributed by atoms with E-state index in [4.69, 9.17) is 14.2 Å². The Hall–Kier alpha value is -1.26. The van der Waals surface area contributed by atoms with Gasteiger partial charge in [0.1, 0.15) is 11.5 Å². The van der Waals surface area contributed by atoms with Crippen LogP contribution < -0.4 is 14.8 Å². The summed E-state index contributed by atoms with van der Waals surface area (Å²) in [5, 5.41) is 3.35. The molecule has 4 nitrogen and oxygen atoms in total. The summed E-state index contributed by atoms with van der Waals surface area (Å²) >= 11 is 0. The molecule has 0 bridgehead atoms. The molecule has 0 radical (unpaired) electrons. The van der Waals surface area contributed by atoms with Gasteiger partial charge in [-0.3, -0.25) is 0 Å². The summed E-state index contributed by atoms with van der Waals surface area (Å²) in [6.45, 7) is 3.13. The quantitative estimate of drug-likeness (QED) is 0.705. The standard InChI is InChI=1S/C16H25NO3/c1-18-9-8-17-11-14-10-15(19-2)6-7-16(14)20-12-13-4-3-5-13/h6-7,10,13,17H,3-5,8-9,11-12H2,1-2H3. The van der Waals surface area contributed by atoms with Crippen molar-refractivity contribution in [3.05, 3.63) is 23.8 Å². The van der Waals surface area contributed by atoms with E-state index in [0.29, 0.717) is 6.61 Å². The topological polar surface area (TPSA) is 39.7 Å². The number of hydrogen-bond acceptors (Lipinski definition) is 4. The van der Waals surface area contributed by atoms with Crippen LogP contribution in [0, 0.1) is 5.92 Å². The van der Waals surface area contributed by atoms with Crippen molar-refractivity contribution < 1.29 is 14.2 Å². The lowest BCUT2D eigenvalue weighted by Gasteiger charge is -2.25. The Morgan fingerprint density at radius 1 is 1.25 bits per heavy atom. The molecule has 1 aromatic carbocycles. The van der Waals surface area contributed by atoms with E-state index in [1.165, 1.54) is 19.3 Å². The molecule has 4 heteroatoms. The van der Waals surface area contributed by atoms with Crippen LogP contribution in [0.1, 0.15) is 24.8 Å². The number of hydrogen-bond donors (Lipinski definition) is 1. The average Bonchev–Trinajstić information content (AvgIpc) is 2.43. The fraction of sp³-hybridized carbons (Fsp3) is 0.625. The Bertz CT molecular complexity index is 405. The molecule has 1 fully saturated rings. The highest BCUT2D eigenvalue weighted by Gasteiger charge is 2.18. The fourth-order valence-electron chi connectivity index (χ4n) is 2.23. The molecule has 1 aromatic rings. The highest BCUT2D eigenvalue weighted by Crippen LogP contribution is 2.29. The van der Waals surface area contributed by atoms with Crippen molar-refractivity contribution in [1.82, 2.24) is 5.32 Å². The molecule has 0 amide bonds. The first-order valence-electron chi connectivity index (χ1n) is 7.33. The minimum Gasteiger partial charge on any atom is -0.497 e. The summed E-state index contributed by atoms with van der Waals surface area (Å²) in [7, 11) is 3.40. The van der Waals surface area contributed by atoms with Crippen LogP contribution >= 0.6 is 0 Å². The number of rotatable bonds is 9. The van der Waals surface area contributed by atoms with Gasteiger partial charge >= 0.3 is 0 Å². The summed E-state index contributed by atoms with van der Waals surface area (Å²) in [6, 6.07) is 6.00. The van der Waals surface area contributed by atoms with Crippen LogP contribution in [0.25, 0.3) is 0 Å². The number of benzene rings is 1. The van der Waals surface area contributed by atoms with Crippen LogP contribution in [0.2, 0.25) is 0 Å². The molecule has 2 rings (SSSR count). The second-order valence-corrected chi connectivity index (χ2v) is 5.25. The minimum absolute atomic E-state index is 0.711. The summed E-state index contributed by atoms with van der Waals surface area (Å²) < 4.78 is 16.3. The van der Waals surface area contributed by atoms with Crippen molar-refractivity contribution in [2.45, 2.75) is 25.8 Å². The van der Waals surface area contributed by atoms with Gasteiger partial charge in [0.2, 0.25) is 0 Å². The Labute approximate surface area is 121 Å². The molecule has 0 unspecified atom stereocenters. The maximum Gasteiger partial charge on any atom is 0.124 e. The van der Waals surface area contributed by atoms with Crippen LogP contribution in [0.4, 0.5) is 0 Å². The predicted octanol–water partition coefficient (Wildman–Crippen LogP) is 2.61. The Morgan fingerprint density at radius 3 is 2.75 bits per heavy atom. The molecule has 20 heavy (non-hydrogen) atoms. The Morgan fingerprint density at radius 2 is 2.10 bits per heavy atom. The normalized spacial score (nSPS) is 14.9. The van der Waals surface area contributed by atoms with Gasteiger partial charge in [-0.15, -0.1) is 0 Å². The van der Waals surface area contributed by atoms with E-state index in [9.17, 15) is 0 Å². The van der Waals surface area contributed by atoms with Gasteiger partial charge in [0.15, 0.2) is 0 Å². The lowest BCUT2D eigenvalue weighted by atomic mass is 9.86. The zero-order valence-electron chi connectivity index (χ0n) is 12.5. The zero-order valence-corrected chi connectivity index (χ0v) is 12.5. The third-order valence-corrected chi connectivity index (χ3v) is 3.77. The lowest BCUT2D eigenvalue weighted by molar-refractivity contribution is 0.178. The van der Waals surface area contributed by atoms with Crippen LogP contribution in [0.3, 0.4) is 0 Å². The van der Waals surface area contributed by atoms with E-state index in [2.05, 4.69) is 5.32 Å². The lowest BCUT2D eigenvalue weighted by Crippen LogP contribution is -2.21. The molecule has 0 heterocycles. The SMILES string of the molecule is COCCNCc1cc(OC)ccc1OCC1CCC1. The van der Waals surface area contributed by atoms with Gasteiger partial charge in [-0.2, -0.15) is 0 Å². The van der Waals surface area contributed by atoms with Crippen molar-refractivity contribution in [3.8, 4) is 11.5 Å². The van der Waals surface area contributed by atoms with E-state index in [0.717, 1.165) is 42.7 Å². The molecule has 0 saturated heterocycles. The van der Waals surface area contributed by atoms with Gasteiger partial charge in [-0.1, -0.05) is 6.42 Å². The minimum atomic E-state index is 0.711. The van der Waals surface area contributed by atoms with Gasteiger partial charge < -0.3 is 19.5 Å². The zero-order chi connectivity index (χ0) is 14.2. The van der Waals surface area contributed by atoms with E-state index in [-0.39, 0.29) is 0 Å². The molecule has 0 spiro atoms. The van der Waals surface area contributed by atoms with Gasteiger partial charge in [0.25, 0.3) is 0 Å². The van der Waals surface area contributed by atoms with Gasteiger partial charge in [0, 0.05) is 25.8 Å². The molecule has 1 aliphatic carbocycles. The number of methoxy groups -OCH3 is 2. The smallest absolute Gasteiger partial charge is 0.124 e. The molecule has 1 aliphatic rings. The molecule has 1 N–H and O–H groups in total. The molecule has 0 aliphatic heterocycles. The molecule has 0 aromatic heterocycles. The van der Waals surface area contributed by atoms with Crippen molar-refractivity contribution in [2.75, 3.05) is 34.0 Å². The largest absolute Gasteiger partial charge is 0.497 e. The second-order valence-electron chi connectivity index (χ2n) is 5.25. The van der Waals surface area contributed by atoms with E-state index in [1.807, 2.05) is 18.2 Å².